The van der Waals surface area contributed by atoms with Gasteiger partial charge in [0.1, 0.15) is 0 Å². The molecule has 0 spiro atoms. The Morgan fingerprint density at radius 2 is 1.56 bits per heavy atom. The zero-order chi connectivity index (χ0) is 30.6. The van der Waals surface area contributed by atoms with Gasteiger partial charge in [0.25, 0.3) is 0 Å². The van der Waals surface area contributed by atoms with E-state index in [2.05, 4.69) is 15.4 Å². The van der Waals surface area contributed by atoms with E-state index >= 15 is 0 Å². The molecule has 4 unspecified atom stereocenters. The molecule has 236 valence electrons. The first-order chi connectivity index (χ1) is 20.8. The highest BCUT2D eigenvalue weighted by Crippen LogP contribution is 2.55. The number of methoxy groups -OCH3 is 2. The molecule has 0 aromatic heterocycles. The van der Waals surface area contributed by atoms with E-state index in [4.69, 9.17) is 29.4 Å². The summed E-state index contributed by atoms with van der Waals surface area (Å²) >= 11 is 0. The first kappa shape index (κ1) is 31.1. The van der Waals surface area contributed by atoms with Crippen LogP contribution in [-0.2, 0) is 19.6 Å². The minimum absolute atomic E-state index is 0.0310. The molecule has 1 fully saturated rings. The fourth-order valence-electron chi connectivity index (χ4n) is 6.08. The molecular weight excluding hydrogens is 580 g/mol. The molecule has 13 nitrogen and oxygen atoms in total. The highest BCUT2D eigenvalue weighted by atomic mass is 32.2. The standard InChI is InChI=1S/C29H40N4O9S/c1-38-23-11-17(12-24(39-2)28(23)34)25-18-13-21-22(42-16-41-21)14-19(18)27(20-15-40-29(35)26(20)25)33-43(36,37)10-9-32-8-4-7-31-6-3-5-30/h11-14,20,25-27,31-34H,3-10,15-16,30H2,1-2H3. The molecule has 2 heterocycles. The monoisotopic (exact) mass is 620 g/mol. The smallest absolute Gasteiger partial charge is 0.310 e. The minimum atomic E-state index is -3.76. The largest absolute Gasteiger partial charge is 0.502 e. The summed E-state index contributed by atoms with van der Waals surface area (Å²) in [4.78, 5) is 13.3. The van der Waals surface area contributed by atoms with Crippen LogP contribution in [0.25, 0.3) is 0 Å². The van der Waals surface area contributed by atoms with E-state index in [1.54, 1.807) is 24.3 Å². The van der Waals surface area contributed by atoms with Crippen molar-refractivity contribution < 1.29 is 42.0 Å². The number of esters is 1. The number of phenolic OH excluding ortho intramolecular Hbond substituents is 1. The molecule has 43 heavy (non-hydrogen) atoms. The number of sulfonamides is 1. The number of ether oxygens (including phenoxy) is 5. The summed E-state index contributed by atoms with van der Waals surface area (Å²) in [5.74, 6) is -1.16. The third-order valence-electron chi connectivity index (χ3n) is 8.17. The van der Waals surface area contributed by atoms with Crippen LogP contribution in [0.5, 0.6) is 28.7 Å². The summed E-state index contributed by atoms with van der Waals surface area (Å²) in [7, 11) is -0.905. The van der Waals surface area contributed by atoms with E-state index in [0.717, 1.165) is 25.9 Å². The number of aromatic hydroxyl groups is 1. The highest BCUT2D eigenvalue weighted by Gasteiger charge is 2.53. The van der Waals surface area contributed by atoms with Crippen molar-refractivity contribution in [3.63, 3.8) is 0 Å². The van der Waals surface area contributed by atoms with Crippen molar-refractivity contribution in [3.8, 4) is 28.7 Å². The maximum Gasteiger partial charge on any atom is 0.310 e. The number of hydrogen-bond donors (Lipinski definition) is 5. The quantitative estimate of drug-likeness (QED) is 0.141. The Hall–Kier alpha value is -3.30. The van der Waals surface area contributed by atoms with Crippen LogP contribution in [0.15, 0.2) is 24.3 Å². The van der Waals surface area contributed by atoms with Gasteiger partial charge in [-0.1, -0.05) is 0 Å². The number of hydrogen-bond acceptors (Lipinski definition) is 12. The highest BCUT2D eigenvalue weighted by molar-refractivity contribution is 7.89. The summed E-state index contributed by atoms with van der Waals surface area (Å²) in [6.07, 6.45) is 1.78. The molecule has 0 bridgehead atoms. The molecular formula is C29H40N4O9S. The van der Waals surface area contributed by atoms with Gasteiger partial charge in [-0.3, -0.25) is 4.79 Å². The van der Waals surface area contributed by atoms with Gasteiger partial charge in [0.05, 0.1) is 38.5 Å². The molecule has 0 amide bonds. The van der Waals surface area contributed by atoms with E-state index in [1.807, 2.05) is 0 Å². The maximum absolute atomic E-state index is 13.4. The summed E-state index contributed by atoms with van der Waals surface area (Å²) in [6, 6.07) is 6.14. The third kappa shape index (κ3) is 6.63. The lowest BCUT2D eigenvalue weighted by Gasteiger charge is -2.39. The second kappa shape index (κ2) is 13.6. The molecule has 0 saturated carbocycles. The Labute approximate surface area is 251 Å². The lowest BCUT2D eigenvalue weighted by molar-refractivity contribution is -0.141. The van der Waals surface area contributed by atoms with Gasteiger partial charge in [-0.05, 0) is 80.0 Å². The second-order valence-electron chi connectivity index (χ2n) is 10.8. The second-order valence-corrected chi connectivity index (χ2v) is 12.7. The number of cyclic esters (lactones) is 1. The van der Waals surface area contributed by atoms with Gasteiger partial charge in [-0.25, -0.2) is 13.1 Å². The van der Waals surface area contributed by atoms with Crippen LogP contribution < -0.4 is 40.0 Å². The Morgan fingerprint density at radius 3 is 2.21 bits per heavy atom. The van der Waals surface area contributed by atoms with Crippen molar-refractivity contribution in [2.45, 2.75) is 24.8 Å². The summed E-state index contributed by atoms with van der Waals surface area (Å²) in [5.41, 5.74) is 7.49. The summed E-state index contributed by atoms with van der Waals surface area (Å²) in [5, 5.41) is 17.0. The number of fused-ring (bicyclic) bond motifs is 3. The molecule has 0 radical (unpaired) electrons. The molecule has 3 aliphatic rings. The Kier molecular flexibility index (Phi) is 9.82. The van der Waals surface area contributed by atoms with Gasteiger partial charge in [-0.15, -0.1) is 0 Å². The van der Waals surface area contributed by atoms with Gasteiger partial charge in [0.2, 0.25) is 22.6 Å². The normalized spacial score (nSPS) is 22.2. The van der Waals surface area contributed by atoms with Crippen LogP contribution in [0.4, 0.5) is 0 Å². The number of benzene rings is 2. The van der Waals surface area contributed by atoms with Crippen molar-refractivity contribution in [2.24, 2.45) is 17.6 Å². The molecule has 1 saturated heterocycles. The van der Waals surface area contributed by atoms with Gasteiger partial charge >= 0.3 is 5.97 Å². The lowest BCUT2D eigenvalue weighted by atomic mass is 9.65. The predicted molar refractivity (Wildman–Crippen MR) is 157 cm³/mol. The van der Waals surface area contributed by atoms with Gasteiger partial charge in [0, 0.05) is 18.4 Å². The van der Waals surface area contributed by atoms with Crippen LogP contribution >= 0.6 is 0 Å². The maximum atomic E-state index is 13.4. The Morgan fingerprint density at radius 1 is 0.930 bits per heavy atom. The zero-order valence-corrected chi connectivity index (χ0v) is 25.2. The number of rotatable bonds is 15. The van der Waals surface area contributed by atoms with Crippen LogP contribution in [-0.4, -0.2) is 85.6 Å². The molecule has 14 heteroatoms. The Balaban J connectivity index is 1.42. The summed E-state index contributed by atoms with van der Waals surface area (Å²) < 4.78 is 57.2. The van der Waals surface area contributed by atoms with Gasteiger partial charge < -0.3 is 45.2 Å². The van der Waals surface area contributed by atoms with Crippen molar-refractivity contribution in [1.29, 1.82) is 0 Å². The van der Waals surface area contributed by atoms with Crippen LogP contribution in [0.3, 0.4) is 0 Å². The molecule has 2 aromatic rings. The number of nitrogens with two attached hydrogens (primary N) is 1. The third-order valence-corrected chi connectivity index (χ3v) is 9.52. The molecule has 4 atom stereocenters. The van der Waals surface area contributed by atoms with E-state index < -0.39 is 39.8 Å². The molecule has 1 aliphatic carbocycles. The van der Waals surface area contributed by atoms with Gasteiger partial charge in [-0.2, -0.15) is 0 Å². The number of phenols is 1. The average molecular weight is 621 g/mol. The minimum Gasteiger partial charge on any atom is -0.502 e. The molecule has 2 aromatic carbocycles. The SMILES string of the molecule is COc1cc(C2c3cc4c(cc3C(NS(=O)(=O)CCNCCCNCCCN)C3COC(=O)C23)OCO4)cc(OC)c1O. The van der Waals surface area contributed by atoms with Crippen LogP contribution in [0, 0.1) is 11.8 Å². The summed E-state index contributed by atoms with van der Waals surface area (Å²) in [6.45, 7) is 3.36. The number of nitrogens with one attached hydrogen (secondary N) is 3. The number of carbonyl (C=O) groups excluding carboxylic acids is 1. The van der Waals surface area contributed by atoms with E-state index in [1.165, 1.54) is 14.2 Å². The Bertz CT molecular complexity index is 1400. The molecule has 5 rings (SSSR count). The van der Waals surface area contributed by atoms with Crippen LogP contribution in [0.1, 0.15) is 41.5 Å². The number of carbonyl (C=O) groups is 1. The van der Waals surface area contributed by atoms with Crippen molar-refractivity contribution >= 4 is 16.0 Å². The average Bonchev–Trinajstić information content (AvgIpc) is 3.62. The predicted octanol–water partition coefficient (Wildman–Crippen LogP) is 0.951. The lowest BCUT2D eigenvalue weighted by Crippen LogP contribution is -2.44. The topological polar surface area (TPSA) is 180 Å². The fraction of sp³-hybridized carbons (Fsp3) is 0.552. The van der Waals surface area contributed by atoms with E-state index in [0.29, 0.717) is 41.3 Å². The van der Waals surface area contributed by atoms with Crippen molar-refractivity contribution in [3.05, 3.63) is 41.0 Å². The first-order valence-corrected chi connectivity index (χ1v) is 16.1. The van der Waals surface area contributed by atoms with Gasteiger partial charge in [0.15, 0.2) is 23.0 Å². The molecule has 2 aliphatic heterocycles. The van der Waals surface area contributed by atoms with Crippen molar-refractivity contribution in [1.82, 2.24) is 15.4 Å². The first-order valence-electron chi connectivity index (χ1n) is 14.4. The van der Waals surface area contributed by atoms with E-state index in [-0.39, 0.29) is 42.9 Å². The fourth-order valence-corrected chi connectivity index (χ4v) is 7.30. The molecule has 6 N–H and O–H groups in total. The van der Waals surface area contributed by atoms with E-state index in [9.17, 15) is 18.3 Å². The zero-order valence-electron chi connectivity index (χ0n) is 24.4. The van der Waals surface area contributed by atoms with Crippen molar-refractivity contribution in [2.75, 3.05) is 66.1 Å². The van der Waals surface area contributed by atoms with Crippen LogP contribution in [0.2, 0.25) is 0 Å².